The van der Waals surface area contributed by atoms with Gasteiger partial charge >= 0.3 is 5.97 Å². The summed E-state index contributed by atoms with van der Waals surface area (Å²) in [5.74, 6) is -0.778. The summed E-state index contributed by atoms with van der Waals surface area (Å²) < 4.78 is 9.21. The van der Waals surface area contributed by atoms with Gasteiger partial charge in [0.05, 0.1) is 6.61 Å². The summed E-state index contributed by atoms with van der Waals surface area (Å²) in [6.07, 6.45) is -4.93. The molecule has 1 saturated heterocycles. The van der Waals surface area contributed by atoms with Crippen molar-refractivity contribution in [3.05, 3.63) is 0 Å². The Labute approximate surface area is 74.7 Å². The summed E-state index contributed by atoms with van der Waals surface area (Å²) >= 11 is 0. The molecule has 0 aromatic rings. The van der Waals surface area contributed by atoms with Gasteiger partial charge in [0.1, 0.15) is 12.2 Å². The monoisotopic (exact) mass is 192 g/mol. The lowest BCUT2D eigenvalue weighted by atomic mass is 10.00. The Morgan fingerprint density at radius 2 is 2.08 bits per heavy atom. The van der Waals surface area contributed by atoms with E-state index in [9.17, 15) is 15.0 Å². The maximum atomic E-state index is 11.0. The molecular weight excluding hydrogens is 180 g/mol. The van der Waals surface area contributed by atoms with Crippen molar-refractivity contribution in [3.8, 4) is 0 Å². The van der Waals surface area contributed by atoms with Crippen LogP contribution in [-0.2, 0) is 14.3 Å². The summed E-state index contributed by atoms with van der Waals surface area (Å²) in [7, 11) is 1.22. The van der Waals surface area contributed by atoms with Crippen LogP contribution < -0.4 is 0 Å². The van der Waals surface area contributed by atoms with Gasteiger partial charge in [0.2, 0.25) is 0 Å². The Kier molecular flexibility index (Phi) is 3.21. The third-order valence-electron chi connectivity index (χ3n) is 1.97. The Balaban J connectivity index is 2.72. The minimum absolute atomic E-state index is 0.527. The van der Waals surface area contributed by atoms with Gasteiger partial charge in [0.25, 0.3) is 0 Å². The fraction of sp³-hybridized carbons (Fsp3) is 0.857. The third kappa shape index (κ3) is 1.80. The van der Waals surface area contributed by atoms with Crippen molar-refractivity contribution in [2.75, 3.05) is 13.7 Å². The van der Waals surface area contributed by atoms with Crippen LogP contribution in [-0.4, -0.2) is 59.4 Å². The van der Waals surface area contributed by atoms with Gasteiger partial charge in [-0.25, -0.2) is 4.79 Å². The predicted molar refractivity (Wildman–Crippen MR) is 39.8 cm³/mol. The third-order valence-corrected chi connectivity index (χ3v) is 1.97. The zero-order valence-corrected chi connectivity index (χ0v) is 7.08. The van der Waals surface area contributed by atoms with Crippen LogP contribution >= 0.6 is 0 Å². The summed E-state index contributed by atoms with van der Waals surface area (Å²) in [6, 6.07) is 0. The lowest BCUT2D eigenvalue weighted by molar-refractivity contribution is -0.210. The topological polar surface area (TPSA) is 96.2 Å². The largest absolute Gasteiger partial charge is 0.455 e. The molecule has 0 aromatic carbocycles. The molecule has 1 fully saturated rings. The van der Waals surface area contributed by atoms with Crippen molar-refractivity contribution in [2.45, 2.75) is 24.4 Å². The molecule has 1 rings (SSSR count). The standard InChI is InChI=1S/C7H12O6/c1-12-6-5(10)4(9)3(2-8)13-7(6)11/h3-6,8-10H,2H2,1H3. The van der Waals surface area contributed by atoms with E-state index >= 15 is 0 Å². The highest BCUT2D eigenvalue weighted by Crippen LogP contribution is 2.18. The number of esters is 1. The van der Waals surface area contributed by atoms with Crippen LogP contribution in [0.4, 0.5) is 0 Å². The molecule has 0 radical (unpaired) electrons. The number of hydrogen-bond acceptors (Lipinski definition) is 6. The number of aliphatic hydroxyl groups excluding tert-OH is 3. The average Bonchev–Trinajstić information content (AvgIpc) is 2.12. The van der Waals surface area contributed by atoms with Gasteiger partial charge in [-0.3, -0.25) is 0 Å². The van der Waals surface area contributed by atoms with Crippen LogP contribution in [0.5, 0.6) is 0 Å². The van der Waals surface area contributed by atoms with Gasteiger partial charge in [-0.2, -0.15) is 0 Å². The molecule has 0 aromatic heterocycles. The zero-order valence-electron chi connectivity index (χ0n) is 7.08. The molecule has 76 valence electrons. The van der Waals surface area contributed by atoms with Crippen LogP contribution in [0.3, 0.4) is 0 Å². The number of hydrogen-bond donors (Lipinski definition) is 3. The van der Waals surface area contributed by atoms with Crippen LogP contribution in [0, 0.1) is 0 Å². The smallest absolute Gasteiger partial charge is 0.338 e. The molecule has 4 atom stereocenters. The summed E-state index contributed by atoms with van der Waals surface area (Å²) in [5.41, 5.74) is 0. The quantitative estimate of drug-likeness (QED) is 0.423. The number of rotatable bonds is 2. The van der Waals surface area contributed by atoms with Crippen molar-refractivity contribution in [3.63, 3.8) is 0 Å². The van der Waals surface area contributed by atoms with E-state index in [0.29, 0.717) is 0 Å². The van der Waals surface area contributed by atoms with E-state index in [1.807, 2.05) is 0 Å². The van der Waals surface area contributed by atoms with Gasteiger partial charge in [-0.1, -0.05) is 0 Å². The number of carbonyl (C=O) groups excluding carboxylic acids is 1. The molecular formula is C7H12O6. The minimum Gasteiger partial charge on any atom is -0.455 e. The maximum absolute atomic E-state index is 11.0. The number of cyclic esters (lactones) is 1. The van der Waals surface area contributed by atoms with Crippen molar-refractivity contribution < 1.29 is 29.6 Å². The molecule has 3 N–H and O–H groups in total. The molecule has 0 amide bonds. The van der Waals surface area contributed by atoms with E-state index in [1.54, 1.807) is 0 Å². The first-order chi connectivity index (χ1) is 6.11. The van der Waals surface area contributed by atoms with Crippen LogP contribution in [0.1, 0.15) is 0 Å². The molecule has 13 heavy (non-hydrogen) atoms. The molecule has 0 spiro atoms. The fourth-order valence-electron chi connectivity index (χ4n) is 1.21. The molecule has 6 heteroatoms. The van der Waals surface area contributed by atoms with E-state index in [0.717, 1.165) is 0 Å². The molecule has 1 aliphatic rings. The van der Waals surface area contributed by atoms with Crippen molar-refractivity contribution >= 4 is 5.97 Å². The molecule has 4 unspecified atom stereocenters. The van der Waals surface area contributed by atoms with Gasteiger partial charge in [-0.15, -0.1) is 0 Å². The van der Waals surface area contributed by atoms with Crippen molar-refractivity contribution in [1.82, 2.24) is 0 Å². The lowest BCUT2D eigenvalue weighted by Gasteiger charge is -2.34. The Hall–Kier alpha value is -0.690. The van der Waals surface area contributed by atoms with E-state index in [2.05, 4.69) is 9.47 Å². The highest BCUT2D eigenvalue weighted by Gasteiger charge is 2.44. The Morgan fingerprint density at radius 3 is 2.54 bits per heavy atom. The van der Waals surface area contributed by atoms with Crippen LogP contribution in [0.2, 0.25) is 0 Å². The van der Waals surface area contributed by atoms with Gasteiger partial charge in [-0.05, 0) is 0 Å². The molecule has 0 saturated carbocycles. The minimum atomic E-state index is -1.36. The Morgan fingerprint density at radius 1 is 1.46 bits per heavy atom. The first kappa shape index (κ1) is 10.4. The second kappa shape index (κ2) is 4.01. The van der Waals surface area contributed by atoms with Gasteiger partial charge < -0.3 is 24.8 Å². The van der Waals surface area contributed by atoms with Crippen molar-refractivity contribution in [2.24, 2.45) is 0 Å². The first-order valence-corrected chi connectivity index (χ1v) is 3.82. The number of ether oxygens (including phenoxy) is 2. The molecule has 0 bridgehead atoms. The zero-order chi connectivity index (χ0) is 10.0. The SMILES string of the molecule is COC1C(=O)OC(CO)C(O)C1O. The van der Waals surface area contributed by atoms with E-state index < -0.39 is 37.0 Å². The normalized spacial score (nSPS) is 40.2. The van der Waals surface area contributed by atoms with E-state index in [-0.39, 0.29) is 0 Å². The second-order valence-corrected chi connectivity index (χ2v) is 2.80. The van der Waals surface area contributed by atoms with Crippen LogP contribution in [0.15, 0.2) is 0 Å². The number of carbonyl (C=O) groups is 1. The van der Waals surface area contributed by atoms with E-state index in [1.165, 1.54) is 7.11 Å². The highest BCUT2D eigenvalue weighted by atomic mass is 16.6. The predicted octanol–water partition coefficient (Wildman–Crippen LogP) is -2.36. The summed E-state index contributed by atoms with van der Waals surface area (Å²) in [5, 5.41) is 27.3. The molecule has 6 nitrogen and oxygen atoms in total. The van der Waals surface area contributed by atoms with Gasteiger partial charge in [0.15, 0.2) is 12.2 Å². The van der Waals surface area contributed by atoms with E-state index in [4.69, 9.17) is 5.11 Å². The average molecular weight is 192 g/mol. The summed E-state index contributed by atoms with van der Waals surface area (Å²) in [4.78, 5) is 11.0. The number of aliphatic hydroxyl groups is 3. The Bertz CT molecular complexity index is 193. The molecule has 1 heterocycles. The highest BCUT2D eigenvalue weighted by molar-refractivity contribution is 5.76. The van der Waals surface area contributed by atoms with Crippen molar-refractivity contribution in [1.29, 1.82) is 0 Å². The van der Waals surface area contributed by atoms with Crippen LogP contribution in [0.25, 0.3) is 0 Å². The number of methoxy groups -OCH3 is 1. The fourth-order valence-corrected chi connectivity index (χ4v) is 1.21. The maximum Gasteiger partial charge on any atom is 0.338 e. The summed E-state index contributed by atoms with van der Waals surface area (Å²) in [6.45, 7) is -0.527. The molecule has 0 aliphatic carbocycles. The van der Waals surface area contributed by atoms with Gasteiger partial charge in [0, 0.05) is 7.11 Å². The molecule has 1 aliphatic heterocycles. The first-order valence-electron chi connectivity index (χ1n) is 3.82. The second-order valence-electron chi connectivity index (χ2n) is 2.80. The lowest BCUT2D eigenvalue weighted by Crippen LogP contribution is -2.57.